The van der Waals surface area contributed by atoms with Crippen LogP contribution in [0.1, 0.15) is 12.1 Å². The van der Waals surface area contributed by atoms with Crippen LogP contribution < -0.4 is 5.32 Å². The number of ether oxygens (including phenoxy) is 2. The van der Waals surface area contributed by atoms with E-state index in [9.17, 15) is 4.79 Å². The number of aromatic amines is 1. The van der Waals surface area contributed by atoms with Crippen molar-refractivity contribution in [1.29, 1.82) is 0 Å². The van der Waals surface area contributed by atoms with E-state index >= 15 is 0 Å². The molecule has 1 aliphatic heterocycles. The van der Waals surface area contributed by atoms with Gasteiger partial charge < -0.3 is 19.8 Å². The topological polar surface area (TPSA) is 76.2 Å². The van der Waals surface area contributed by atoms with Crippen LogP contribution in [0.4, 0.5) is 0 Å². The first-order valence-corrected chi connectivity index (χ1v) is 6.66. The molecular formula is C13H19N3O3. The van der Waals surface area contributed by atoms with Gasteiger partial charge in [0.25, 0.3) is 0 Å². The smallest absolute Gasteiger partial charge is 0.226 e. The van der Waals surface area contributed by atoms with Gasteiger partial charge >= 0.3 is 0 Å². The minimum atomic E-state index is 0.0284. The molecule has 2 aliphatic rings. The summed E-state index contributed by atoms with van der Waals surface area (Å²) in [6, 6.07) is 0.183. The molecule has 0 bridgehead atoms. The minimum absolute atomic E-state index is 0.0284. The zero-order valence-corrected chi connectivity index (χ0v) is 11.0. The normalized spacial score (nSPS) is 32.7. The summed E-state index contributed by atoms with van der Waals surface area (Å²) in [6.45, 7) is 1.43. The molecule has 19 heavy (non-hydrogen) atoms. The van der Waals surface area contributed by atoms with Gasteiger partial charge in [0.05, 0.1) is 25.5 Å². The molecule has 1 saturated heterocycles. The summed E-state index contributed by atoms with van der Waals surface area (Å²) in [5, 5.41) is 3.11. The summed E-state index contributed by atoms with van der Waals surface area (Å²) in [4.78, 5) is 18.9. The number of carbonyl (C=O) groups is 1. The van der Waals surface area contributed by atoms with Crippen LogP contribution in [-0.2, 0) is 20.7 Å². The molecule has 1 aliphatic carbocycles. The predicted octanol–water partition coefficient (Wildman–Crippen LogP) is 0.118. The van der Waals surface area contributed by atoms with Gasteiger partial charge in [-0.1, -0.05) is 0 Å². The molecule has 3 rings (SSSR count). The molecule has 2 fully saturated rings. The second-order valence-corrected chi connectivity index (χ2v) is 5.25. The maximum absolute atomic E-state index is 12.0. The number of aromatic nitrogens is 2. The Hall–Kier alpha value is -1.40. The lowest BCUT2D eigenvalue weighted by molar-refractivity contribution is -0.129. The molecule has 1 amide bonds. The van der Waals surface area contributed by atoms with Crippen molar-refractivity contribution in [3.05, 3.63) is 18.2 Å². The number of hydrogen-bond donors (Lipinski definition) is 2. The molecule has 0 spiro atoms. The Morgan fingerprint density at radius 3 is 3.32 bits per heavy atom. The minimum Gasteiger partial charge on any atom is -0.384 e. The zero-order valence-electron chi connectivity index (χ0n) is 11.0. The van der Waals surface area contributed by atoms with Gasteiger partial charge in [0.15, 0.2) is 0 Å². The Balaban J connectivity index is 1.57. The van der Waals surface area contributed by atoms with Gasteiger partial charge in [-0.3, -0.25) is 4.79 Å². The predicted molar refractivity (Wildman–Crippen MR) is 67.4 cm³/mol. The Kier molecular flexibility index (Phi) is 3.52. The number of H-pyrrole nitrogens is 1. The van der Waals surface area contributed by atoms with Gasteiger partial charge in [0.1, 0.15) is 0 Å². The standard InChI is InChI=1S/C13H19N3O3/c1-18-6-10-12(9-2-3-19-13(9)10)16-11(17)4-8-5-14-7-15-8/h5,7,9-10,12-13H,2-4,6H2,1H3,(H,14,15)(H,16,17)/t9-,10+,12+,13-/m1/s1. The lowest BCUT2D eigenvalue weighted by Gasteiger charge is -2.47. The van der Waals surface area contributed by atoms with Gasteiger partial charge in [-0.05, 0) is 6.42 Å². The molecule has 2 heterocycles. The van der Waals surface area contributed by atoms with Gasteiger partial charge in [-0.2, -0.15) is 0 Å². The second kappa shape index (κ2) is 5.30. The Bertz CT molecular complexity index is 434. The van der Waals surface area contributed by atoms with Crippen LogP contribution in [0, 0.1) is 11.8 Å². The van der Waals surface area contributed by atoms with E-state index in [1.54, 1.807) is 19.6 Å². The summed E-state index contributed by atoms with van der Waals surface area (Å²) in [5.41, 5.74) is 0.833. The van der Waals surface area contributed by atoms with Crippen molar-refractivity contribution in [2.24, 2.45) is 11.8 Å². The number of rotatable bonds is 5. The quantitative estimate of drug-likeness (QED) is 0.793. The monoisotopic (exact) mass is 265 g/mol. The van der Waals surface area contributed by atoms with E-state index in [1.807, 2.05) is 0 Å². The molecule has 1 aromatic rings. The number of hydrogen-bond acceptors (Lipinski definition) is 4. The summed E-state index contributed by atoms with van der Waals surface area (Å²) >= 11 is 0. The first kappa shape index (κ1) is 12.6. The molecule has 104 valence electrons. The molecule has 4 atom stereocenters. The molecule has 6 heteroatoms. The Labute approximate surface area is 111 Å². The molecule has 6 nitrogen and oxygen atoms in total. The summed E-state index contributed by atoms with van der Waals surface area (Å²) in [6.07, 6.45) is 4.89. The van der Waals surface area contributed by atoms with E-state index in [0.717, 1.165) is 18.7 Å². The highest BCUT2D eigenvalue weighted by molar-refractivity contribution is 5.78. The number of nitrogens with zero attached hydrogens (tertiary/aromatic N) is 1. The highest BCUT2D eigenvalue weighted by Gasteiger charge is 2.54. The number of nitrogens with one attached hydrogen (secondary N) is 2. The highest BCUT2D eigenvalue weighted by atomic mass is 16.5. The highest BCUT2D eigenvalue weighted by Crippen LogP contribution is 2.43. The maximum Gasteiger partial charge on any atom is 0.226 e. The molecule has 1 aromatic heterocycles. The van der Waals surface area contributed by atoms with Gasteiger partial charge in [-0.15, -0.1) is 0 Å². The van der Waals surface area contributed by atoms with Crippen molar-refractivity contribution in [1.82, 2.24) is 15.3 Å². The van der Waals surface area contributed by atoms with Crippen molar-refractivity contribution in [3.8, 4) is 0 Å². The number of fused-ring (bicyclic) bond motifs is 1. The van der Waals surface area contributed by atoms with Crippen LogP contribution in [0.25, 0.3) is 0 Å². The molecular weight excluding hydrogens is 246 g/mol. The first-order valence-electron chi connectivity index (χ1n) is 6.66. The van der Waals surface area contributed by atoms with E-state index in [-0.39, 0.29) is 24.0 Å². The first-order chi connectivity index (χ1) is 9.29. The van der Waals surface area contributed by atoms with Crippen molar-refractivity contribution in [2.45, 2.75) is 25.0 Å². The van der Waals surface area contributed by atoms with Gasteiger partial charge in [-0.25, -0.2) is 4.98 Å². The Morgan fingerprint density at radius 2 is 2.58 bits per heavy atom. The average molecular weight is 265 g/mol. The maximum atomic E-state index is 12.0. The van der Waals surface area contributed by atoms with Crippen molar-refractivity contribution in [3.63, 3.8) is 0 Å². The third-order valence-electron chi connectivity index (χ3n) is 4.12. The van der Waals surface area contributed by atoms with Crippen molar-refractivity contribution in [2.75, 3.05) is 20.3 Å². The summed E-state index contributed by atoms with van der Waals surface area (Å²) in [7, 11) is 1.69. The van der Waals surface area contributed by atoms with Crippen LogP contribution >= 0.6 is 0 Å². The van der Waals surface area contributed by atoms with E-state index in [2.05, 4.69) is 15.3 Å². The second-order valence-electron chi connectivity index (χ2n) is 5.25. The fourth-order valence-electron chi connectivity index (χ4n) is 3.23. The molecule has 2 N–H and O–H groups in total. The summed E-state index contributed by atoms with van der Waals surface area (Å²) < 4.78 is 10.9. The van der Waals surface area contributed by atoms with E-state index in [4.69, 9.17) is 9.47 Å². The lowest BCUT2D eigenvalue weighted by Crippen LogP contribution is -2.62. The number of methoxy groups -OCH3 is 1. The van der Waals surface area contributed by atoms with Crippen LogP contribution in [0.3, 0.4) is 0 Å². The molecule has 0 radical (unpaired) electrons. The summed E-state index contributed by atoms with van der Waals surface area (Å²) in [5.74, 6) is 0.759. The van der Waals surface area contributed by atoms with Crippen molar-refractivity contribution < 1.29 is 14.3 Å². The fourth-order valence-corrected chi connectivity index (χ4v) is 3.23. The Morgan fingerprint density at radius 1 is 1.68 bits per heavy atom. The lowest BCUT2D eigenvalue weighted by atomic mass is 9.67. The SMILES string of the molecule is COC[C@H]1[C@@H](NC(=O)Cc2cnc[nH]2)[C@H]2CCO[C@H]21. The molecule has 0 unspecified atom stereocenters. The zero-order chi connectivity index (χ0) is 13.2. The van der Waals surface area contributed by atoms with Crippen LogP contribution in [0.5, 0.6) is 0 Å². The largest absolute Gasteiger partial charge is 0.384 e. The number of imidazole rings is 1. The number of carbonyl (C=O) groups excluding carboxylic acids is 1. The van der Waals surface area contributed by atoms with Gasteiger partial charge in [0.2, 0.25) is 5.91 Å². The fraction of sp³-hybridized carbons (Fsp3) is 0.692. The van der Waals surface area contributed by atoms with E-state index in [1.165, 1.54) is 0 Å². The van der Waals surface area contributed by atoms with Crippen LogP contribution in [0.2, 0.25) is 0 Å². The van der Waals surface area contributed by atoms with E-state index < -0.39 is 0 Å². The van der Waals surface area contributed by atoms with Crippen LogP contribution in [-0.4, -0.2) is 48.3 Å². The average Bonchev–Trinajstić information content (AvgIpc) is 3.02. The number of amides is 1. The van der Waals surface area contributed by atoms with E-state index in [0.29, 0.717) is 18.9 Å². The van der Waals surface area contributed by atoms with Crippen LogP contribution in [0.15, 0.2) is 12.5 Å². The third-order valence-corrected chi connectivity index (χ3v) is 4.12. The van der Waals surface area contributed by atoms with Crippen molar-refractivity contribution >= 4 is 5.91 Å². The van der Waals surface area contributed by atoms with Gasteiger partial charge in [0, 0.05) is 43.5 Å². The molecule has 1 saturated carbocycles. The molecule has 0 aromatic carbocycles. The third kappa shape index (κ3) is 2.37.